The smallest absolute Gasteiger partial charge is 0.128 e. The fourth-order valence-corrected chi connectivity index (χ4v) is 2.98. The summed E-state index contributed by atoms with van der Waals surface area (Å²) in [6, 6.07) is 8.75. The molecule has 0 aliphatic rings. The molecule has 0 aliphatic heterocycles. The molecule has 1 aromatic carbocycles. The Hall–Kier alpha value is -1.35. The quantitative estimate of drug-likeness (QED) is 0.679. The molecule has 0 amide bonds. The Bertz CT molecular complexity index is 664. The molecule has 0 saturated heterocycles. The summed E-state index contributed by atoms with van der Waals surface area (Å²) in [7, 11) is 0. The van der Waals surface area contributed by atoms with Crippen molar-refractivity contribution in [2.75, 3.05) is 6.54 Å². The zero-order valence-corrected chi connectivity index (χ0v) is 13.0. The Morgan fingerprint density at radius 3 is 2.90 bits per heavy atom. The van der Waals surface area contributed by atoms with E-state index in [2.05, 4.69) is 32.8 Å². The molecule has 0 aliphatic carbocycles. The van der Waals surface area contributed by atoms with Crippen LogP contribution >= 0.6 is 27.7 Å². The van der Waals surface area contributed by atoms with E-state index in [-0.39, 0.29) is 12.4 Å². The van der Waals surface area contributed by atoms with Crippen LogP contribution in [-0.2, 0) is 5.75 Å². The van der Waals surface area contributed by atoms with E-state index < -0.39 is 0 Å². The predicted molar refractivity (Wildman–Crippen MR) is 83.8 cm³/mol. The van der Waals surface area contributed by atoms with Gasteiger partial charge < -0.3 is 5.73 Å². The number of halogens is 2. The second kappa shape index (κ2) is 7.44. The number of pyridine rings is 1. The topological polar surface area (TPSA) is 38.9 Å². The Morgan fingerprint density at radius 2 is 2.20 bits per heavy atom. The van der Waals surface area contributed by atoms with Crippen molar-refractivity contribution in [3.8, 4) is 11.8 Å². The average Bonchev–Trinajstić information content (AvgIpc) is 2.45. The van der Waals surface area contributed by atoms with Crippen molar-refractivity contribution in [3.05, 3.63) is 57.9 Å². The third-order valence-electron chi connectivity index (χ3n) is 2.48. The molecule has 5 heteroatoms. The summed E-state index contributed by atoms with van der Waals surface area (Å²) in [5, 5.41) is 0.846. The number of thioether (sulfide) groups is 1. The minimum absolute atomic E-state index is 0.256. The van der Waals surface area contributed by atoms with Crippen molar-refractivity contribution >= 4 is 27.7 Å². The second-order valence-electron chi connectivity index (χ2n) is 3.89. The first kappa shape index (κ1) is 15.0. The molecular formula is C15H12BrFN2S. The number of nitrogens with two attached hydrogens (primary N) is 1. The molecular weight excluding hydrogens is 339 g/mol. The number of hydrogen-bond donors (Lipinski definition) is 1. The highest BCUT2D eigenvalue weighted by atomic mass is 79.9. The van der Waals surface area contributed by atoms with E-state index in [0.717, 1.165) is 9.50 Å². The van der Waals surface area contributed by atoms with Crippen LogP contribution in [0.1, 0.15) is 11.1 Å². The maximum absolute atomic E-state index is 13.9. The van der Waals surface area contributed by atoms with Crippen LogP contribution in [0.5, 0.6) is 0 Å². The Kier molecular flexibility index (Phi) is 5.60. The molecule has 102 valence electrons. The van der Waals surface area contributed by atoms with Crippen molar-refractivity contribution in [1.82, 2.24) is 4.98 Å². The Labute approximate surface area is 130 Å². The molecule has 0 spiro atoms. The van der Waals surface area contributed by atoms with Crippen LogP contribution in [0.15, 0.2) is 46.0 Å². The molecule has 0 saturated carbocycles. The van der Waals surface area contributed by atoms with Gasteiger partial charge in [-0.1, -0.05) is 17.9 Å². The van der Waals surface area contributed by atoms with Crippen LogP contribution in [0, 0.1) is 17.7 Å². The van der Waals surface area contributed by atoms with Crippen LogP contribution in [0.4, 0.5) is 4.39 Å². The first-order valence-electron chi connectivity index (χ1n) is 5.91. The molecule has 2 aromatic rings. The number of nitrogens with zero attached hydrogens (tertiary/aromatic N) is 1. The van der Waals surface area contributed by atoms with Gasteiger partial charge in [-0.3, -0.25) is 0 Å². The molecule has 2 rings (SSSR count). The third-order valence-corrected chi connectivity index (χ3v) is 4.43. The Balaban J connectivity index is 2.09. The second-order valence-corrected chi connectivity index (χ2v) is 5.71. The van der Waals surface area contributed by atoms with Crippen molar-refractivity contribution < 1.29 is 4.39 Å². The van der Waals surface area contributed by atoms with Crippen molar-refractivity contribution in [1.29, 1.82) is 0 Å². The summed E-state index contributed by atoms with van der Waals surface area (Å²) in [6.45, 7) is 0.271. The van der Waals surface area contributed by atoms with Gasteiger partial charge in [0.2, 0.25) is 0 Å². The molecule has 0 radical (unpaired) electrons. The van der Waals surface area contributed by atoms with Gasteiger partial charge >= 0.3 is 0 Å². The number of aromatic nitrogens is 1. The third kappa shape index (κ3) is 4.07. The van der Waals surface area contributed by atoms with Gasteiger partial charge in [-0.15, -0.1) is 11.8 Å². The van der Waals surface area contributed by atoms with E-state index in [9.17, 15) is 4.39 Å². The van der Waals surface area contributed by atoms with Gasteiger partial charge in [0, 0.05) is 22.0 Å². The summed E-state index contributed by atoms with van der Waals surface area (Å²) in [5.41, 5.74) is 6.56. The normalized spacial score (nSPS) is 9.95. The zero-order chi connectivity index (χ0) is 14.4. The molecule has 0 atom stereocenters. The lowest BCUT2D eigenvalue weighted by Gasteiger charge is -2.05. The minimum atomic E-state index is -0.256. The predicted octanol–water partition coefficient (Wildman–Crippen LogP) is 3.59. The van der Waals surface area contributed by atoms with Crippen molar-refractivity contribution in [2.45, 2.75) is 10.8 Å². The fourth-order valence-electron chi connectivity index (χ4n) is 1.52. The molecule has 2 N–H and O–H groups in total. The molecule has 20 heavy (non-hydrogen) atoms. The summed E-state index contributed by atoms with van der Waals surface area (Å²) in [6.07, 6.45) is 1.72. The van der Waals surface area contributed by atoms with Crippen LogP contribution in [0.3, 0.4) is 0 Å². The van der Waals surface area contributed by atoms with E-state index in [0.29, 0.717) is 16.9 Å². The largest absolute Gasteiger partial charge is 0.320 e. The molecule has 0 fully saturated rings. The first-order chi connectivity index (χ1) is 9.70. The molecule has 0 bridgehead atoms. The monoisotopic (exact) mass is 350 g/mol. The molecule has 1 aromatic heterocycles. The van der Waals surface area contributed by atoms with Gasteiger partial charge in [0.25, 0.3) is 0 Å². The number of benzene rings is 1. The molecule has 2 nitrogen and oxygen atoms in total. The van der Waals surface area contributed by atoms with Gasteiger partial charge in [-0.2, -0.15) is 0 Å². The van der Waals surface area contributed by atoms with Gasteiger partial charge in [-0.05, 0) is 45.8 Å². The van der Waals surface area contributed by atoms with Crippen molar-refractivity contribution in [3.63, 3.8) is 0 Å². The summed E-state index contributed by atoms with van der Waals surface area (Å²) < 4.78 is 14.8. The Morgan fingerprint density at radius 1 is 1.35 bits per heavy atom. The van der Waals surface area contributed by atoms with E-state index in [4.69, 9.17) is 5.73 Å². The minimum Gasteiger partial charge on any atom is -0.320 e. The van der Waals surface area contributed by atoms with Gasteiger partial charge in [0.05, 0.1) is 6.54 Å². The highest BCUT2D eigenvalue weighted by Gasteiger charge is 2.06. The van der Waals surface area contributed by atoms with E-state index >= 15 is 0 Å². The summed E-state index contributed by atoms with van der Waals surface area (Å²) >= 11 is 4.91. The SMILES string of the molecule is NCC#Cc1ccc(CSc2ncccc2Br)c(F)c1. The first-order valence-corrected chi connectivity index (χ1v) is 7.69. The average molecular weight is 351 g/mol. The standard InChI is InChI=1S/C15H12BrFN2S/c16-13-4-2-8-19-15(13)20-10-12-6-5-11(3-1-7-18)9-14(12)17/h2,4-6,8-9H,7,10,18H2. The maximum atomic E-state index is 13.9. The van der Waals surface area contributed by atoms with Crippen molar-refractivity contribution in [2.24, 2.45) is 5.73 Å². The lowest BCUT2D eigenvalue weighted by Crippen LogP contribution is -1.94. The lowest BCUT2D eigenvalue weighted by molar-refractivity contribution is 0.617. The number of rotatable bonds is 3. The van der Waals surface area contributed by atoms with Gasteiger partial charge in [0.1, 0.15) is 10.8 Å². The van der Waals surface area contributed by atoms with Crippen LogP contribution in [0.25, 0.3) is 0 Å². The van der Waals surface area contributed by atoms with E-state index in [1.54, 1.807) is 18.3 Å². The molecule has 0 unspecified atom stereocenters. The number of hydrogen-bond acceptors (Lipinski definition) is 3. The highest BCUT2D eigenvalue weighted by molar-refractivity contribution is 9.10. The lowest BCUT2D eigenvalue weighted by atomic mass is 10.1. The van der Waals surface area contributed by atoms with E-state index in [1.807, 2.05) is 12.1 Å². The van der Waals surface area contributed by atoms with Crippen LogP contribution in [0.2, 0.25) is 0 Å². The fraction of sp³-hybridized carbons (Fsp3) is 0.133. The summed E-state index contributed by atoms with van der Waals surface area (Å²) in [4.78, 5) is 4.24. The zero-order valence-electron chi connectivity index (χ0n) is 10.6. The van der Waals surface area contributed by atoms with Gasteiger partial charge in [-0.25, -0.2) is 9.37 Å². The van der Waals surface area contributed by atoms with E-state index in [1.165, 1.54) is 17.8 Å². The highest BCUT2D eigenvalue weighted by Crippen LogP contribution is 2.28. The van der Waals surface area contributed by atoms with Crippen LogP contribution in [-0.4, -0.2) is 11.5 Å². The van der Waals surface area contributed by atoms with Gasteiger partial charge in [0.15, 0.2) is 0 Å². The van der Waals surface area contributed by atoms with Crippen LogP contribution < -0.4 is 5.73 Å². The summed E-state index contributed by atoms with van der Waals surface area (Å²) in [5.74, 6) is 5.78. The molecule has 1 heterocycles. The maximum Gasteiger partial charge on any atom is 0.128 e.